The number of hydrogen-bond donors (Lipinski definition) is 1. The average Bonchev–Trinajstić information content (AvgIpc) is 2.70. The lowest BCUT2D eigenvalue weighted by molar-refractivity contribution is -0.121. The Hall–Kier alpha value is -3.09. The molecule has 2 amide bonds. The van der Waals surface area contributed by atoms with Crippen LogP contribution in [-0.4, -0.2) is 36.2 Å². The number of nitrogens with one attached hydrogen (secondary N) is 1. The smallest absolute Gasteiger partial charge is 0.411 e. The lowest BCUT2D eigenvalue weighted by Gasteiger charge is -2.37. The molecule has 1 aliphatic rings. The quantitative estimate of drug-likeness (QED) is 0.652. The first-order valence-corrected chi connectivity index (χ1v) is 11.1. The van der Waals surface area contributed by atoms with Gasteiger partial charge >= 0.3 is 6.09 Å². The molecule has 0 bridgehead atoms. The maximum Gasteiger partial charge on any atom is 0.411 e. The summed E-state index contributed by atoms with van der Waals surface area (Å²) < 4.78 is 25.6. The number of carbonyl (C=O) groups excluding carboxylic acids is 2. The van der Waals surface area contributed by atoms with E-state index >= 15 is 0 Å². The fourth-order valence-corrected chi connectivity index (χ4v) is 3.94. The second-order valence-electron chi connectivity index (χ2n) is 10.3. The van der Waals surface area contributed by atoms with Gasteiger partial charge in [-0.15, -0.1) is 0 Å². The van der Waals surface area contributed by atoms with Crippen molar-refractivity contribution in [2.75, 3.05) is 19.0 Å². The van der Waals surface area contributed by atoms with Crippen molar-refractivity contribution in [1.82, 2.24) is 4.90 Å². The molecule has 1 heterocycles. The number of nitrogens with zero attached hydrogens (tertiary/aromatic N) is 1. The first-order valence-electron chi connectivity index (χ1n) is 11.1. The van der Waals surface area contributed by atoms with Crippen LogP contribution in [0.5, 0.6) is 5.75 Å². The largest absolute Gasteiger partial charge is 0.497 e. The molecule has 3 rings (SSSR count). The number of halogens is 1. The molecule has 0 aliphatic carbocycles. The van der Waals surface area contributed by atoms with Gasteiger partial charge in [-0.1, -0.05) is 32.9 Å². The third-order valence-corrected chi connectivity index (χ3v) is 5.50. The van der Waals surface area contributed by atoms with Crippen molar-refractivity contribution in [3.05, 3.63) is 58.9 Å². The van der Waals surface area contributed by atoms with Crippen LogP contribution < -0.4 is 10.1 Å². The summed E-state index contributed by atoms with van der Waals surface area (Å²) in [5, 5.41) is 2.79. The number of anilines is 1. The van der Waals surface area contributed by atoms with Crippen molar-refractivity contribution in [2.45, 2.75) is 65.0 Å². The van der Waals surface area contributed by atoms with E-state index in [0.717, 1.165) is 5.56 Å². The molecule has 0 saturated carbocycles. The van der Waals surface area contributed by atoms with Gasteiger partial charge in [0.2, 0.25) is 0 Å². The molecule has 1 aliphatic heterocycles. The number of rotatable bonds is 3. The van der Waals surface area contributed by atoms with Gasteiger partial charge in [-0.25, -0.2) is 9.18 Å². The van der Waals surface area contributed by atoms with E-state index in [1.54, 1.807) is 52.1 Å². The van der Waals surface area contributed by atoms with Crippen LogP contribution in [0.3, 0.4) is 0 Å². The Morgan fingerprint density at radius 3 is 2.33 bits per heavy atom. The van der Waals surface area contributed by atoms with Gasteiger partial charge in [0.05, 0.1) is 7.11 Å². The van der Waals surface area contributed by atoms with E-state index in [2.05, 4.69) is 5.32 Å². The molecule has 6 nitrogen and oxygen atoms in total. The van der Waals surface area contributed by atoms with Crippen LogP contribution in [0.4, 0.5) is 14.9 Å². The van der Waals surface area contributed by atoms with Crippen LogP contribution >= 0.6 is 0 Å². The highest BCUT2D eigenvalue weighted by atomic mass is 19.1. The lowest BCUT2D eigenvalue weighted by atomic mass is 9.86. The van der Waals surface area contributed by atoms with Gasteiger partial charge in [-0.05, 0) is 73.6 Å². The molecule has 0 spiro atoms. The van der Waals surface area contributed by atoms with Crippen molar-refractivity contribution in [3.8, 4) is 5.75 Å². The van der Waals surface area contributed by atoms with Crippen LogP contribution in [0, 0.1) is 5.82 Å². The average molecular weight is 457 g/mol. The summed E-state index contributed by atoms with van der Waals surface area (Å²) in [5.41, 5.74) is 1.44. The highest BCUT2D eigenvalue weighted by Crippen LogP contribution is 2.35. The second kappa shape index (κ2) is 9.04. The third kappa shape index (κ3) is 5.64. The van der Waals surface area contributed by atoms with E-state index in [4.69, 9.17) is 9.47 Å². The number of amides is 2. The molecule has 0 radical (unpaired) electrons. The zero-order valence-corrected chi connectivity index (χ0v) is 20.4. The zero-order valence-electron chi connectivity index (χ0n) is 20.4. The van der Waals surface area contributed by atoms with Gasteiger partial charge in [0.15, 0.2) is 0 Å². The third-order valence-electron chi connectivity index (χ3n) is 5.50. The summed E-state index contributed by atoms with van der Waals surface area (Å²) in [6.07, 6.45) is -0.0110. The van der Waals surface area contributed by atoms with E-state index in [-0.39, 0.29) is 5.41 Å². The van der Waals surface area contributed by atoms with Crippen molar-refractivity contribution in [1.29, 1.82) is 0 Å². The number of ether oxygens (including phenoxy) is 2. The first kappa shape index (κ1) is 24.6. The number of fused-ring (bicyclic) bond motifs is 1. The maximum absolute atomic E-state index is 14.7. The molecule has 0 aromatic heterocycles. The summed E-state index contributed by atoms with van der Waals surface area (Å²) in [6, 6.07) is 9.18. The van der Waals surface area contributed by atoms with Crippen LogP contribution in [0.15, 0.2) is 36.4 Å². The molecule has 0 saturated heterocycles. The summed E-state index contributed by atoms with van der Waals surface area (Å²) >= 11 is 0. The molecule has 0 unspecified atom stereocenters. The standard InChI is InChI=1S/C26H33FN2O4/c1-25(2,3)20-11-8-17(15-21(20)27)28-23(30)22-19-10-9-18(32-7)14-16(19)12-13-29(22)24(31)33-26(4,5)6/h8-11,14-15,22H,12-13H2,1-7H3,(H,28,30)/t22-/m1/s1. The zero-order chi connectivity index (χ0) is 24.6. The SMILES string of the molecule is COc1ccc2c(c1)CCN(C(=O)OC(C)(C)C)[C@H]2C(=O)Nc1ccc(C(C)(C)C)c(F)c1. The highest BCUT2D eigenvalue weighted by molar-refractivity contribution is 5.97. The fourth-order valence-electron chi connectivity index (χ4n) is 3.94. The predicted molar refractivity (Wildman–Crippen MR) is 126 cm³/mol. The van der Waals surface area contributed by atoms with Crippen molar-refractivity contribution in [3.63, 3.8) is 0 Å². The van der Waals surface area contributed by atoms with Crippen LogP contribution in [0.25, 0.3) is 0 Å². The Kier molecular flexibility index (Phi) is 6.73. The van der Waals surface area contributed by atoms with Crippen LogP contribution in [-0.2, 0) is 21.4 Å². The number of benzene rings is 2. The van der Waals surface area contributed by atoms with Crippen molar-refractivity contribution >= 4 is 17.7 Å². The Morgan fingerprint density at radius 1 is 1.06 bits per heavy atom. The number of hydrogen-bond acceptors (Lipinski definition) is 4. The highest BCUT2D eigenvalue weighted by Gasteiger charge is 2.38. The molecule has 1 atom stereocenters. The maximum atomic E-state index is 14.7. The normalized spacial score (nSPS) is 16.1. The molecule has 1 N–H and O–H groups in total. The topological polar surface area (TPSA) is 67.9 Å². The Labute approximate surface area is 195 Å². The van der Waals surface area contributed by atoms with Gasteiger partial charge in [0.25, 0.3) is 5.91 Å². The van der Waals surface area contributed by atoms with Crippen LogP contribution in [0.1, 0.15) is 64.3 Å². The number of methoxy groups -OCH3 is 1. The lowest BCUT2D eigenvalue weighted by Crippen LogP contribution is -2.47. The van der Waals surface area contributed by atoms with Crippen molar-refractivity contribution < 1.29 is 23.5 Å². The fraction of sp³-hybridized carbons (Fsp3) is 0.462. The Bertz CT molecular complexity index is 1050. The van der Waals surface area contributed by atoms with Crippen LogP contribution in [0.2, 0.25) is 0 Å². The first-order chi connectivity index (χ1) is 15.3. The van der Waals surface area contributed by atoms with E-state index in [9.17, 15) is 14.0 Å². The summed E-state index contributed by atoms with van der Waals surface area (Å²) in [7, 11) is 1.58. The molecule has 178 valence electrons. The number of carbonyl (C=O) groups is 2. The Morgan fingerprint density at radius 2 is 1.76 bits per heavy atom. The Balaban J connectivity index is 1.95. The molecule has 2 aromatic rings. The van der Waals surface area contributed by atoms with Gasteiger partial charge in [0, 0.05) is 12.2 Å². The molecule has 0 fully saturated rings. The van der Waals surface area contributed by atoms with Gasteiger partial charge in [-0.2, -0.15) is 0 Å². The molecule has 33 heavy (non-hydrogen) atoms. The van der Waals surface area contributed by atoms with E-state index < -0.39 is 29.5 Å². The molecule has 7 heteroatoms. The van der Waals surface area contributed by atoms with Gasteiger partial charge in [-0.3, -0.25) is 9.69 Å². The van der Waals surface area contributed by atoms with Gasteiger partial charge in [0.1, 0.15) is 23.2 Å². The minimum Gasteiger partial charge on any atom is -0.497 e. The van der Waals surface area contributed by atoms with Crippen molar-refractivity contribution in [2.24, 2.45) is 0 Å². The molecular formula is C26H33FN2O4. The monoisotopic (exact) mass is 456 g/mol. The molecular weight excluding hydrogens is 423 g/mol. The summed E-state index contributed by atoms with van der Waals surface area (Å²) in [6.45, 7) is 11.4. The summed E-state index contributed by atoms with van der Waals surface area (Å²) in [4.78, 5) is 27.8. The van der Waals surface area contributed by atoms with Gasteiger partial charge < -0.3 is 14.8 Å². The minimum absolute atomic E-state index is 0.310. The van der Waals surface area contributed by atoms with E-state index in [0.29, 0.717) is 35.5 Å². The second-order valence-corrected chi connectivity index (χ2v) is 10.3. The van der Waals surface area contributed by atoms with E-state index in [1.165, 1.54) is 11.0 Å². The van der Waals surface area contributed by atoms with E-state index in [1.807, 2.05) is 26.8 Å². The minimum atomic E-state index is -0.917. The molecule has 2 aromatic carbocycles. The summed E-state index contributed by atoms with van der Waals surface area (Å²) in [5.74, 6) is -0.147. The predicted octanol–water partition coefficient (Wildman–Crippen LogP) is 5.60.